The zero-order valence-corrected chi connectivity index (χ0v) is 15.5. The molecule has 6 nitrogen and oxygen atoms in total. The van der Waals surface area contributed by atoms with Crippen LogP contribution in [0.5, 0.6) is 11.5 Å². The van der Waals surface area contributed by atoms with Crippen LogP contribution < -0.4 is 20.7 Å². The molecule has 1 aliphatic heterocycles. The number of carbonyl (C=O) groups is 2. The highest BCUT2D eigenvalue weighted by Gasteiger charge is 2.21. The largest absolute Gasteiger partial charge is 0.454 e. The lowest BCUT2D eigenvalue weighted by Crippen LogP contribution is -2.20. The maximum atomic E-state index is 12.5. The lowest BCUT2D eigenvalue weighted by molar-refractivity contribution is 0.102. The zero-order valence-electron chi connectivity index (χ0n) is 15.5. The standard InChI is InChI=1S/C22H19N3O3/c1-13-7-8-15(11-14(13)2)23-22(27)24-16-9-10-19-17(12-16)21(26)25-18-5-3-4-6-20(18)28-19/h3-12H,1-2H3,(H,25,26)(H2,23,24,27). The first-order valence-electron chi connectivity index (χ1n) is 8.87. The van der Waals surface area contributed by atoms with Gasteiger partial charge in [0, 0.05) is 11.4 Å². The van der Waals surface area contributed by atoms with Crippen molar-refractivity contribution in [2.75, 3.05) is 16.0 Å². The Morgan fingerprint density at radius 1 is 0.857 bits per heavy atom. The first kappa shape index (κ1) is 17.6. The van der Waals surface area contributed by atoms with Crippen LogP contribution >= 0.6 is 0 Å². The molecule has 0 spiro atoms. The monoisotopic (exact) mass is 373 g/mol. The van der Waals surface area contributed by atoms with Crippen LogP contribution in [0.25, 0.3) is 0 Å². The fraction of sp³-hybridized carbons (Fsp3) is 0.0909. The summed E-state index contributed by atoms with van der Waals surface area (Å²) in [6, 6.07) is 17.5. The van der Waals surface area contributed by atoms with Gasteiger partial charge in [-0.2, -0.15) is 0 Å². The number of para-hydroxylation sites is 2. The molecule has 0 fully saturated rings. The van der Waals surface area contributed by atoms with Gasteiger partial charge in [-0.05, 0) is 67.4 Å². The van der Waals surface area contributed by atoms with E-state index in [-0.39, 0.29) is 11.9 Å². The van der Waals surface area contributed by atoms with Crippen LogP contribution in [-0.4, -0.2) is 11.9 Å². The van der Waals surface area contributed by atoms with Crippen LogP contribution in [0.1, 0.15) is 21.5 Å². The van der Waals surface area contributed by atoms with E-state index in [0.29, 0.717) is 34.1 Å². The average Bonchev–Trinajstić information content (AvgIpc) is 2.80. The SMILES string of the molecule is Cc1ccc(NC(=O)Nc2ccc3c(c2)C(=O)Nc2ccccc2O3)cc1C. The van der Waals surface area contributed by atoms with Crippen molar-refractivity contribution >= 4 is 29.0 Å². The maximum absolute atomic E-state index is 12.5. The number of aryl methyl sites for hydroxylation is 2. The summed E-state index contributed by atoms with van der Waals surface area (Å²) in [5.41, 5.74) is 4.39. The Bertz CT molecular complexity index is 1090. The molecule has 0 bridgehead atoms. The minimum absolute atomic E-state index is 0.293. The Morgan fingerprint density at radius 3 is 2.36 bits per heavy atom. The van der Waals surface area contributed by atoms with Gasteiger partial charge in [-0.25, -0.2) is 4.79 Å². The molecule has 3 amide bonds. The van der Waals surface area contributed by atoms with E-state index < -0.39 is 0 Å². The summed E-state index contributed by atoms with van der Waals surface area (Å²) >= 11 is 0. The molecule has 3 aromatic carbocycles. The summed E-state index contributed by atoms with van der Waals surface area (Å²) in [5.74, 6) is 0.712. The van der Waals surface area contributed by atoms with Crippen molar-refractivity contribution in [3.63, 3.8) is 0 Å². The average molecular weight is 373 g/mol. The highest BCUT2D eigenvalue weighted by molar-refractivity contribution is 6.09. The maximum Gasteiger partial charge on any atom is 0.323 e. The number of amides is 3. The van der Waals surface area contributed by atoms with Gasteiger partial charge in [0.2, 0.25) is 0 Å². The van der Waals surface area contributed by atoms with Gasteiger partial charge in [-0.15, -0.1) is 0 Å². The minimum Gasteiger partial charge on any atom is -0.454 e. The molecular formula is C22H19N3O3. The summed E-state index contributed by atoms with van der Waals surface area (Å²) in [5, 5.41) is 8.36. The van der Waals surface area contributed by atoms with E-state index >= 15 is 0 Å². The Hall–Kier alpha value is -3.80. The third-order valence-electron chi connectivity index (χ3n) is 4.60. The lowest BCUT2D eigenvalue weighted by atomic mass is 10.1. The summed E-state index contributed by atoms with van der Waals surface area (Å²) < 4.78 is 5.84. The summed E-state index contributed by atoms with van der Waals surface area (Å²) in [4.78, 5) is 24.9. The number of nitrogens with one attached hydrogen (secondary N) is 3. The van der Waals surface area contributed by atoms with Crippen molar-refractivity contribution in [3.8, 4) is 11.5 Å². The summed E-state index contributed by atoms with van der Waals surface area (Å²) in [6.45, 7) is 4.00. The molecule has 0 atom stereocenters. The number of urea groups is 1. The van der Waals surface area contributed by atoms with E-state index in [2.05, 4.69) is 16.0 Å². The number of fused-ring (bicyclic) bond motifs is 2. The van der Waals surface area contributed by atoms with Gasteiger partial charge in [0.15, 0.2) is 5.75 Å². The third-order valence-corrected chi connectivity index (χ3v) is 4.60. The molecule has 0 unspecified atom stereocenters. The Kier molecular flexibility index (Phi) is 4.45. The van der Waals surface area contributed by atoms with Crippen LogP contribution in [0, 0.1) is 13.8 Å². The van der Waals surface area contributed by atoms with Crippen molar-refractivity contribution < 1.29 is 14.3 Å². The van der Waals surface area contributed by atoms with Crippen LogP contribution in [0.3, 0.4) is 0 Å². The number of benzene rings is 3. The van der Waals surface area contributed by atoms with Gasteiger partial charge >= 0.3 is 6.03 Å². The number of ether oxygens (including phenoxy) is 1. The molecule has 0 radical (unpaired) electrons. The molecule has 0 saturated heterocycles. The van der Waals surface area contributed by atoms with Crippen LogP contribution in [0.2, 0.25) is 0 Å². The normalized spacial score (nSPS) is 12.0. The van der Waals surface area contributed by atoms with Gasteiger partial charge in [-0.1, -0.05) is 18.2 Å². The van der Waals surface area contributed by atoms with Gasteiger partial charge in [0.05, 0.1) is 11.3 Å². The van der Waals surface area contributed by atoms with E-state index in [1.165, 1.54) is 0 Å². The summed E-state index contributed by atoms with van der Waals surface area (Å²) in [6.07, 6.45) is 0. The second-order valence-corrected chi connectivity index (χ2v) is 6.64. The van der Waals surface area contributed by atoms with E-state index in [0.717, 1.165) is 11.1 Å². The predicted octanol–water partition coefficient (Wildman–Crippen LogP) is 5.31. The van der Waals surface area contributed by atoms with Gasteiger partial charge in [-0.3, -0.25) is 4.79 Å². The van der Waals surface area contributed by atoms with Crippen LogP contribution in [0.4, 0.5) is 21.9 Å². The molecule has 1 heterocycles. The van der Waals surface area contributed by atoms with Crippen molar-refractivity contribution in [1.82, 2.24) is 0 Å². The molecule has 4 rings (SSSR count). The third kappa shape index (κ3) is 3.53. The first-order valence-corrected chi connectivity index (χ1v) is 8.87. The number of rotatable bonds is 2. The fourth-order valence-electron chi connectivity index (χ4n) is 2.95. The smallest absolute Gasteiger partial charge is 0.323 e. The molecule has 3 aromatic rings. The Balaban J connectivity index is 1.53. The zero-order chi connectivity index (χ0) is 19.7. The number of anilines is 3. The molecule has 1 aliphatic rings. The summed E-state index contributed by atoms with van der Waals surface area (Å²) in [7, 11) is 0. The predicted molar refractivity (Wildman–Crippen MR) is 109 cm³/mol. The topological polar surface area (TPSA) is 79.5 Å². The quantitative estimate of drug-likeness (QED) is 0.570. The van der Waals surface area contributed by atoms with Crippen molar-refractivity contribution in [2.24, 2.45) is 0 Å². The molecule has 3 N–H and O–H groups in total. The van der Waals surface area contributed by atoms with Gasteiger partial charge in [0.25, 0.3) is 5.91 Å². The highest BCUT2D eigenvalue weighted by Crippen LogP contribution is 2.36. The second-order valence-electron chi connectivity index (χ2n) is 6.64. The van der Waals surface area contributed by atoms with Gasteiger partial charge < -0.3 is 20.7 Å². The van der Waals surface area contributed by atoms with Crippen molar-refractivity contribution in [2.45, 2.75) is 13.8 Å². The molecule has 0 saturated carbocycles. The Morgan fingerprint density at radius 2 is 1.57 bits per heavy atom. The van der Waals surface area contributed by atoms with Crippen molar-refractivity contribution in [3.05, 3.63) is 77.4 Å². The van der Waals surface area contributed by atoms with Crippen LogP contribution in [0.15, 0.2) is 60.7 Å². The molecule has 6 heteroatoms. The number of carbonyl (C=O) groups excluding carboxylic acids is 2. The van der Waals surface area contributed by atoms with Gasteiger partial charge in [0.1, 0.15) is 5.75 Å². The molecule has 0 aromatic heterocycles. The van der Waals surface area contributed by atoms with E-state index in [1.54, 1.807) is 30.3 Å². The molecule has 28 heavy (non-hydrogen) atoms. The van der Waals surface area contributed by atoms with Crippen molar-refractivity contribution in [1.29, 1.82) is 0 Å². The van der Waals surface area contributed by atoms with E-state index in [4.69, 9.17) is 4.74 Å². The molecule has 0 aliphatic carbocycles. The Labute approximate surface area is 162 Å². The molecular weight excluding hydrogens is 354 g/mol. The number of hydrogen-bond acceptors (Lipinski definition) is 3. The lowest BCUT2D eigenvalue weighted by Gasteiger charge is -2.11. The molecule has 140 valence electrons. The van der Waals surface area contributed by atoms with E-state index in [1.807, 2.05) is 44.2 Å². The fourth-order valence-corrected chi connectivity index (χ4v) is 2.95. The van der Waals surface area contributed by atoms with E-state index in [9.17, 15) is 9.59 Å². The number of hydrogen-bond donors (Lipinski definition) is 3. The van der Waals surface area contributed by atoms with Crippen LogP contribution in [-0.2, 0) is 0 Å². The minimum atomic E-state index is -0.388. The first-order chi connectivity index (χ1) is 13.5. The second kappa shape index (κ2) is 7.08. The highest BCUT2D eigenvalue weighted by atomic mass is 16.5.